The van der Waals surface area contributed by atoms with Crippen LogP contribution in [0.3, 0.4) is 0 Å². The van der Waals surface area contributed by atoms with E-state index in [-0.39, 0.29) is 0 Å². The van der Waals surface area contributed by atoms with Crippen molar-refractivity contribution in [2.24, 2.45) is 7.05 Å². The standard InChI is InChI=1S/C26H28N8O2/c1-5-8-33-16-19(30-31-33)17-34(21-9-22(35-3)12-23(10-21)36-4)20-6-7-24-25(11-20)29-26(14-27-24)18-13-28-32(2)15-18/h6-7,9-16H,5,8,17H2,1-4H3. The predicted octanol–water partition coefficient (Wildman–Crippen LogP) is 4.39. The number of nitrogens with zero attached hydrogens (tertiary/aromatic N) is 8. The van der Waals surface area contributed by atoms with Gasteiger partial charge < -0.3 is 14.4 Å². The molecule has 0 unspecified atom stereocenters. The van der Waals surface area contributed by atoms with Gasteiger partial charge in [0.15, 0.2) is 0 Å². The number of hydrogen-bond donors (Lipinski definition) is 0. The third-order valence-electron chi connectivity index (χ3n) is 5.84. The number of methoxy groups -OCH3 is 2. The van der Waals surface area contributed by atoms with E-state index in [0.717, 1.165) is 52.3 Å². The Hall–Kier alpha value is -4.47. The van der Waals surface area contributed by atoms with Gasteiger partial charge in [0, 0.05) is 54.9 Å². The molecule has 10 heteroatoms. The van der Waals surface area contributed by atoms with Crippen LogP contribution in [-0.2, 0) is 20.1 Å². The lowest BCUT2D eigenvalue weighted by molar-refractivity contribution is 0.394. The lowest BCUT2D eigenvalue weighted by Gasteiger charge is -2.25. The molecule has 0 spiro atoms. The second-order valence-electron chi connectivity index (χ2n) is 8.46. The van der Waals surface area contributed by atoms with Crippen molar-refractivity contribution in [3.8, 4) is 22.8 Å². The Morgan fingerprint density at radius 3 is 2.42 bits per heavy atom. The summed E-state index contributed by atoms with van der Waals surface area (Å²) in [5, 5.41) is 12.9. The van der Waals surface area contributed by atoms with Crippen molar-refractivity contribution < 1.29 is 9.47 Å². The van der Waals surface area contributed by atoms with Gasteiger partial charge in [-0.3, -0.25) is 14.3 Å². The van der Waals surface area contributed by atoms with Crippen LogP contribution in [0.1, 0.15) is 19.0 Å². The Morgan fingerprint density at radius 2 is 1.72 bits per heavy atom. The minimum atomic E-state index is 0.501. The minimum Gasteiger partial charge on any atom is -0.497 e. The fourth-order valence-corrected chi connectivity index (χ4v) is 4.05. The Labute approximate surface area is 209 Å². The Balaban J connectivity index is 1.59. The topological polar surface area (TPSA) is 96.0 Å². The van der Waals surface area contributed by atoms with Crippen LogP contribution in [0.25, 0.3) is 22.3 Å². The molecule has 0 aliphatic heterocycles. The SMILES string of the molecule is CCCn1cc(CN(c2cc(OC)cc(OC)c2)c2ccc3ncc(-c4cnn(C)c4)nc3c2)nn1. The average Bonchev–Trinajstić information content (AvgIpc) is 3.55. The zero-order valence-corrected chi connectivity index (χ0v) is 20.8. The molecule has 5 aromatic rings. The Kier molecular flexibility index (Phi) is 6.48. The molecular weight excluding hydrogens is 456 g/mol. The highest BCUT2D eigenvalue weighted by Crippen LogP contribution is 2.35. The summed E-state index contributed by atoms with van der Waals surface area (Å²) in [5.41, 5.74) is 5.95. The molecule has 0 aliphatic carbocycles. The first-order valence-electron chi connectivity index (χ1n) is 11.7. The van der Waals surface area contributed by atoms with Crippen LogP contribution in [0.15, 0.2) is 61.2 Å². The fraction of sp³-hybridized carbons (Fsp3) is 0.269. The molecule has 2 aromatic carbocycles. The van der Waals surface area contributed by atoms with Crippen LogP contribution in [0, 0.1) is 0 Å². The van der Waals surface area contributed by atoms with Gasteiger partial charge in [0.05, 0.1) is 56.1 Å². The highest BCUT2D eigenvalue weighted by Gasteiger charge is 2.17. The van der Waals surface area contributed by atoms with Crippen LogP contribution in [0.4, 0.5) is 11.4 Å². The molecule has 0 saturated heterocycles. The maximum atomic E-state index is 5.54. The Morgan fingerprint density at radius 1 is 0.917 bits per heavy atom. The van der Waals surface area contributed by atoms with Crippen molar-refractivity contribution in [3.05, 3.63) is 66.9 Å². The third kappa shape index (κ3) is 4.83. The van der Waals surface area contributed by atoms with E-state index in [9.17, 15) is 0 Å². The highest BCUT2D eigenvalue weighted by molar-refractivity contribution is 5.82. The van der Waals surface area contributed by atoms with E-state index in [4.69, 9.17) is 14.5 Å². The zero-order chi connectivity index (χ0) is 25.1. The first-order valence-corrected chi connectivity index (χ1v) is 11.7. The molecule has 36 heavy (non-hydrogen) atoms. The fourth-order valence-electron chi connectivity index (χ4n) is 4.05. The van der Waals surface area contributed by atoms with Gasteiger partial charge in [-0.05, 0) is 24.6 Å². The molecule has 184 valence electrons. The first-order chi connectivity index (χ1) is 17.6. The zero-order valence-electron chi connectivity index (χ0n) is 20.8. The normalized spacial score (nSPS) is 11.1. The van der Waals surface area contributed by atoms with E-state index in [1.807, 2.05) is 60.5 Å². The van der Waals surface area contributed by atoms with Gasteiger partial charge in [0.25, 0.3) is 0 Å². The van der Waals surface area contributed by atoms with Gasteiger partial charge in [-0.2, -0.15) is 5.10 Å². The van der Waals surface area contributed by atoms with Crippen molar-refractivity contribution in [1.29, 1.82) is 0 Å². The molecule has 5 rings (SSSR count). The number of aromatic nitrogens is 7. The van der Waals surface area contributed by atoms with Gasteiger partial charge >= 0.3 is 0 Å². The van der Waals surface area contributed by atoms with E-state index in [1.165, 1.54) is 0 Å². The number of anilines is 2. The number of hydrogen-bond acceptors (Lipinski definition) is 8. The monoisotopic (exact) mass is 484 g/mol. The van der Waals surface area contributed by atoms with Gasteiger partial charge in [0.1, 0.15) is 17.2 Å². The molecule has 0 radical (unpaired) electrons. The quantitative estimate of drug-likeness (QED) is 0.304. The van der Waals surface area contributed by atoms with E-state index < -0.39 is 0 Å². The molecule has 3 aromatic heterocycles. The number of fused-ring (bicyclic) bond motifs is 1. The van der Waals surface area contributed by atoms with Crippen LogP contribution >= 0.6 is 0 Å². The lowest BCUT2D eigenvalue weighted by Crippen LogP contribution is -2.17. The van der Waals surface area contributed by atoms with Crippen molar-refractivity contribution >= 4 is 22.4 Å². The summed E-state index contributed by atoms with van der Waals surface area (Å²) in [6.45, 7) is 3.44. The summed E-state index contributed by atoms with van der Waals surface area (Å²) in [7, 11) is 5.17. The van der Waals surface area contributed by atoms with Crippen molar-refractivity contribution in [2.45, 2.75) is 26.4 Å². The van der Waals surface area contributed by atoms with Crippen LogP contribution < -0.4 is 14.4 Å². The summed E-state index contributed by atoms with van der Waals surface area (Å²) in [6, 6.07) is 11.8. The van der Waals surface area contributed by atoms with Crippen LogP contribution in [0.5, 0.6) is 11.5 Å². The number of rotatable bonds is 9. The average molecular weight is 485 g/mol. The smallest absolute Gasteiger partial charge is 0.124 e. The highest BCUT2D eigenvalue weighted by atomic mass is 16.5. The number of aryl methyl sites for hydroxylation is 2. The lowest BCUT2D eigenvalue weighted by atomic mass is 10.2. The second-order valence-corrected chi connectivity index (χ2v) is 8.46. The summed E-state index contributed by atoms with van der Waals surface area (Å²) in [6.07, 6.45) is 8.45. The van der Waals surface area contributed by atoms with E-state index in [0.29, 0.717) is 18.0 Å². The summed E-state index contributed by atoms with van der Waals surface area (Å²) >= 11 is 0. The van der Waals surface area contributed by atoms with Gasteiger partial charge in [-0.1, -0.05) is 12.1 Å². The van der Waals surface area contributed by atoms with Crippen molar-refractivity contribution in [1.82, 2.24) is 34.7 Å². The van der Waals surface area contributed by atoms with Gasteiger partial charge in [0.2, 0.25) is 0 Å². The molecule has 0 atom stereocenters. The molecule has 0 bridgehead atoms. The molecule has 0 saturated carbocycles. The molecule has 0 amide bonds. The molecule has 0 aliphatic rings. The van der Waals surface area contributed by atoms with E-state index >= 15 is 0 Å². The summed E-state index contributed by atoms with van der Waals surface area (Å²) in [5.74, 6) is 1.40. The van der Waals surface area contributed by atoms with Crippen molar-refractivity contribution in [2.75, 3.05) is 19.1 Å². The third-order valence-corrected chi connectivity index (χ3v) is 5.84. The largest absolute Gasteiger partial charge is 0.497 e. The second kappa shape index (κ2) is 10.0. The number of ether oxygens (including phenoxy) is 2. The van der Waals surface area contributed by atoms with E-state index in [2.05, 4.69) is 32.2 Å². The van der Waals surface area contributed by atoms with Crippen molar-refractivity contribution in [3.63, 3.8) is 0 Å². The summed E-state index contributed by atoms with van der Waals surface area (Å²) < 4.78 is 14.7. The Bertz CT molecular complexity index is 1470. The van der Waals surface area contributed by atoms with Crippen LogP contribution in [-0.4, -0.2) is 49.0 Å². The maximum absolute atomic E-state index is 5.54. The van der Waals surface area contributed by atoms with Gasteiger partial charge in [-0.15, -0.1) is 5.10 Å². The maximum Gasteiger partial charge on any atom is 0.124 e. The summed E-state index contributed by atoms with van der Waals surface area (Å²) in [4.78, 5) is 11.6. The predicted molar refractivity (Wildman–Crippen MR) is 137 cm³/mol. The molecule has 0 fully saturated rings. The molecule has 0 N–H and O–H groups in total. The van der Waals surface area contributed by atoms with Gasteiger partial charge in [-0.25, -0.2) is 4.98 Å². The van der Waals surface area contributed by atoms with Crippen LogP contribution in [0.2, 0.25) is 0 Å². The minimum absolute atomic E-state index is 0.501. The first kappa shape index (κ1) is 23.3. The van der Waals surface area contributed by atoms with E-state index in [1.54, 1.807) is 31.3 Å². The molecular formula is C26H28N8O2. The molecule has 10 nitrogen and oxygen atoms in total. The molecule has 3 heterocycles. The number of benzene rings is 2.